The van der Waals surface area contributed by atoms with Crippen molar-refractivity contribution < 1.29 is 9.53 Å². The van der Waals surface area contributed by atoms with Crippen LogP contribution in [0.2, 0.25) is 0 Å². The van der Waals surface area contributed by atoms with Gasteiger partial charge < -0.3 is 10.1 Å². The van der Waals surface area contributed by atoms with Crippen molar-refractivity contribution in [2.24, 2.45) is 0 Å². The molecule has 28 heavy (non-hydrogen) atoms. The van der Waals surface area contributed by atoms with Crippen LogP contribution in [0.1, 0.15) is 12.6 Å². The minimum Gasteiger partial charge on any atom is -0.494 e. The number of nitrogens with zero attached hydrogens (tertiary/aromatic N) is 3. The number of nitrogens with one attached hydrogen (secondary N) is 1. The van der Waals surface area contributed by atoms with E-state index in [9.17, 15) is 9.59 Å². The van der Waals surface area contributed by atoms with Gasteiger partial charge in [-0.15, -0.1) is 0 Å². The molecule has 4 rings (SSSR count). The Morgan fingerprint density at radius 3 is 2.79 bits per heavy atom. The van der Waals surface area contributed by atoms with E-state index in [0.717, 1.165) is 21.4 Å². The number of rotatable bonds is 5. The van der Waals surface area contributed by atoms with Crippen LogP contribution in [0.3, 0.4) is 0 Å². The van der Waals surface area contributed by atoms with Crippen molar-refractivity contribution in [1.82, 2.24) is 14.8 Å². The zero-order chi connectivity index (χ0) is 19.7. The Labute approximate surface area is 164 Å². The smallest absolute Gasteiger partial charge is 0.275 e. The van der Waals surface area contributed by atoms with Gasteiger partial charge in [-0.05, 0) is 38.1 Å². The van der Waals surface area contributed by atoms with Gasteiger partial charge in [0.25, 0.3) is 5.56 Å². The number of amides is 1. The molecule has 0 aliphatic rings. The van der Waals surface area contributed by atoms with Crippen LogP contribution in [0.4, 0.5) is 5.13 Å². The summed E-state index contributed by atoms with van der Waals surface area (Å²) in [6, 6.07) is 12.8. The summed E-state index contributed by atoms with van der Waals surface area (Å²) in [4.78, 5) is 29.5. The normalized spacial score (nSPS) is 11.1. The number of hydrogen-bond donors (Lipinski definition) is 1. The molecule has 4 aromatic rings. The number of benzene rings is 2. The number of carbonyl (C=O) groups excluding carboxylic acids is 1. The largest absolute Gasteiger partial charge is 0.494 e. The second-order valence-corrected chi connectivity index (χ2v) is 7.25. The summed E-state index contributed by atoms with van der Waals surface area (Å²) < 4.78 is 7.59. The SMILES string of the molecule is CCOc1ccc2nc(NC(=O)Cn3nc(C)c4ccccc4c3=O)sc2c1. The topological polar surface area (TPSA) is 86.1 Å². The molecule has 0 bridgehead atoms. The number of ether oxygens (including phenoxy) is 1. The standard InChI is InChI=1S/C20H18N4O3S/c1-3-27-13-8-9-16-17(10-13)28-20(21-16)22-18(25)11-24-19(26)15-7-5-4-6-14(15)12(2)23-24/h4-10H,3,11H2,1-2H3,(H,21,22,25). The Kier molecular flexibility index (Phi) is 4.79. The summed E-state index contributed by atoms with van der Waals surface area (Å²) in [5.41, 5.74) is 1.19. The number of aryl methyl sites for hydroxylation is 1. The molecular formula is C20H18N4O3S. The molecule has 0 aliphatic carbocycles. The predicted octanol–water partition coefficient (Wildman–Crippen LogP) is 3.35. The highest BCUT2D eigenvalue weighted by molar-refractivity contribution is 7.22. The van der Waals surface area contributed by atoms with E-state index in [2.05, 4.69) is 15.4 Å². The highest BCUT2D eigenvalue weighted by Gasteiger charge is 2.13. The Morgan fingerprint density at radius 1 is 1.21 bits per heavy atom. The molecule has 7 nitrogen and oxygen atoms in total. The van der Waals surface area contributed by atoms with Crippen LogP contribution in [0.15, 0.2) is 47.3 Å². The molecular weight excluding hydrogens is 376 g/mol. The van der Waals surface area contributed by atoms with E-state index in [1.165, 1.54) is 16.0 Å². The van der Waals surface area contributed by atoms with Crippen LogP contribution in [0, 0.1) is 6.92 Å². The quantitative estimate of drug-likeness (QED) is 0.561. The summed E-state index contributed by atoms with van der Waals surface area (Å²) in [6.07, 6.45) is 0. The summed E-state index contributed by atoms with van der Waals surface area (Å²) in [5.74, 6) is 0.410. The highest BCUT2D eigenvalue weighted by atomic mass is 32.1. The van der Waals surface area contributed by atoms with E-state index >= 15 is 0 Å². The van der Waals surface area contributed by atoms with Crippen molar-refractivity contribution in [3.8, 4) is 5.75 Å². The Balaban J connectivity index is 1.56. The summed E-state index contributed by atoms with van der Waals surface area (Å²) >= 11 is 1.36. The average molecular weight is 394 g/mol. The van der Waals surface area contributed by atoms with Gasteiger partial charge in [-0.3, -0.25) is 9.59 Å². The molecule has 0 unspecified atom stereocenters. The third-order valence-corrected chi connectivity index (χ3v) is 5.20. The molecule has 2 aromatic heterocycles. The molecule has 0 fully saturated rings. The molecule has 1 N–H and O–H groups in total. The van der Waals surface area contributed by atoms with Gasteiger partial charge in [0.15, 0.2) is 5.13 Å². The van der Waals surface area contributed by atoms with Crippen LogP contribution in [-0.4, -0.2) is 27.3 Å². The van der Waals surface area contributed by atoms with E-state index in [-0.39, 0.29) is 18.0 Å². The lowest BCUT2D eigenvalue weighted by molar-refractivity contribution is -0.117. The first-order valence-corrected chi connectivity index (χ1v) is 9.66. The van der Waals surface area contributed by atoms with Gasteiger partial charge in [-0.2, -0.15) is 5.10 Å². The first-order valence-electron chi connectivity index (χ1n) is 8.85. The molecule has 0 atom stereocenters. The number of aromatic nitrogens is 3. The van der Waals surface area contributed by atoms with Gasteiger partial charge in [-0.1, -0.05) is 29.5 Å². The molecule has 0 aliphatic heterocycles. The van der Waals surface area contributed by atoms with Crippen molar-refractivity contribution in [2.45, 2.75) is 20.4 Å². The fraction of sp³-hybridized carbons (Fsp3) is 0.200. The van der Waals surface area contributed by atoms with Crippen LogP contribution < -0.4 is 15.6 Å². The maximum atomic E-state index is 12.6. The first kappa shape index (κ1) is 18.1. The van der Waals surface area contributed by atoms with E-state index in [0.29, 0.717) is 22.8 Å². The molecule has 2 heterocycles. The molecule has 142 valence electrons. The molecule has 2 aromatic carbocycles. The van der Waals surface area contributed by atoms with E-state index in [4.69, 9.17) is 4.74 Å². The number of carbonyl (C=O) groups is 1. The van der Waals surface area contributed by atoms with E-state index < -0.39 is 0 Å². The number of anilines is 1. The second kappa shape index (κ2) is 7.40. The van der Waals surface area contributed by atoms with Crippen molar-refractivity contribution in [2.75, 3.05) is 11.9 Å². The van der Waals surface area contributed by atoms with Gasteiger partial charge in [0, 0.05) is 5.39 Å². The van der Waals surface area contributed by atoms with Gasteiger partial charge in [-0.25, -0.2) is 9.67 Å². The molecule has 0 saturated heterocycles. The monoisotopic (exact) mass is 394 g/mol. The maximum Gasteiger partial charge on any atom is 0.275 e. The predicted molar refractivity (Wildman–Crippen MR) is 110 cm³/mol. The van der Waals surface area contributed by atoms with Gasteiger partial charge in [0.05, 0.1) is 27.9 Å². The summed E-state index contributed by atoms with van der Waals surface area (Å²) in [7, 11) is 0. The Bertz CT molecular complexity index is 1250. The summed E-state index contributed by atoms with van der Waals surface area (Å²) in [6.45, 7) is 4.15. The lowest BCUT2D eigenvalue weighted by Gasteiger charge is -2.08. The Morgan fingerprint density at radius 2 is 2.00 bits per heavy atom. The van der Waals surface area contributed by atoms with Crippen LogP contribution in [0.5, 0.6) is 5.75 Å². The molecule has 8 heteroatoms. The van der Waals surface area contributed by atoms with Crippen LogP contribution >= 0.6 is 11.3 Å². The van der Waals surface area contributed by atoms with Crippen molar-refractivity contribution >= 4 is 43.4 Å². The first-order chi connectivity index (χ1) is 13.5. The third kappa shape index (κ3) is 3.46. The molecule has 0 radical (unpaired) electrons. The lowest BCUT2D eigenvalue weighted by atomic mass is 10.1. The molecule has 0 saturated carbocycles. The highest BCUT2D eigenvalue weighted by Crippen LogP contribution is 2.29. The number of hydrogen-bond acceptors (Lipinski definition) is 6. The minimum atomic E-state index is -0.353. The fourth-order valence-electron chi connectivity index (χ4n) is 3.02. The van der Waals surface area contributed by atoms with Crippen molar-refractivity contribution in [3.05, 3.63) is 58.5 Å². The van der Waals surface area contributed by atoms with Crippen LogP contribution in [-0.2, 0) is 11.3 Å². The van der Waals surface area contributed by atoms with Crippen LogP contribution in [0.25, 0.3) is 21.0 Å². The fourth-order valence-corrected chi connectivity index (χ4v) is 3.93. The average Bonchev–Trinajstić information content (AvgIpc) is 3.07. The van der Waals surface area contributed by atoms with E-state index in [1.54, 1.807) is 12.1 Å². The zero-order valence-electron chi connectivity index (χ0n) is 15.4. The van der Waals surface area contributed by atoms with Gasteiger partial charge in [0.1, 0.15) is 12.3 Å². The van der Waals surface area contributed by atoms with Crippen molar-refractivity contribution in [1.29, 1.82) is 0 Å². The minimum absolute atomic E-state index is 0.176. The van der Waals surface area contributed by atoms with Gasteiger partial charge in [0.2, 0.25) is 5.91 Å². The zero-order valence-corrected chi connectivity index (χ0v) is 16.2. The van der Waals surface area contributed by atoms with Gasteiger partial charge >= 0.3 is 0 Å². The van der Waals surface area contributed by atoms with Crippen molar-refractivity contribution in [3.63, 3.8) is 0 Å². The lowest BCUT2D eigenvalue weighted by Crippen LogP contribution is -2.30. The molecule has 1 amide bonds. The second-order valence-electron chi connectivity index (χ2n) is 6.22. The summed E-state index contributed by atoms with van der Waals surface area (Å²) in [5, 5.41) is 8.83. The number of thiazole rings is 1. The number of fused-ring (bicyclic) bond motifs is 2. The third-order valence-electron chi connectivity index (χ3n) is 4.26. The maximum absolute atomic E-state index is 12.6. The van der Waals surface area contributed by atoms with E-state index in [1.807, 2.05) is 44.2 Å². The Hall–Kier alpha value is -3.26. The molecule has 0 spiro atoms.